The van der Waals surface area contributed by atoms with E-state index in [9.17, 15) is 4.79 Å². The number of ether oxygens (including phenoxy) is 1. The van der Waals surface area contributed by atoms with Gasteiger partial charge in [-0.15, -0.1) is 0 Å². The van der Waals surface area contributed by atoms with Crippen LogP contribution in [0.4, 0.5) is 4.79 Å². The number of nitrogens with one attached hydrogen (secondary N) is 2. The summed E-state index contributed by atoms with van der Waals surface area (Å²) < 4.78 is 5.72. The van der Waals surface area contributed by atoms with Crippen molar-refractivity contribution < 1.29 is 9.53 Å². The first-order chi connectivity index (χ1) is 9.84. The SMILES string of the molecule is CCCCNC(=O)NCOc1ccc(C)cc1C(C)(C)C. The van der Waals surface area contributed by atoms with Crippen LogP contribution in [0.5, 0.6) is 5.75 Å². The zero-order valence-corrected chi connectivity index (χ0v) is 13.9. The molecule has 0 heterocycles. The van der Waals surface area contributed by atoms with E-state index in [1.807, 2.05) is 12.1 Å². The maximum absolute atomic E-state index is 11.5. The molecular weight excluding hydrogens is 264 g/mol. The lowest BCUT2D eigenvalue weighted by molar-refractivity contribution is 0.223. The van der Waals surface area contributed by atoms with Crippen molar-refractivity contribution in [2.45, 2.75) is 52.9 Å². The molecule has 21 heavy (non-hydrogen) atoms. The standard InChI is InChI=1S/C17H28N2O2/c1-6-7-10-18-16(20)19-12-21-15-9-8-13(2)11-14(15)17(3,4)5/h8-9,11H,6-7,10,12H2,1-5H3,(H2,18,19,20). The minimum atomic E-state index is -0.187. The van der Waals surface area contributed by atoms with Gasteiger partial charge in [-0.2, -0.15) is 0 Å². The summed E-state index contributed by atoms with van der Waals surface area (Å²) in [6.07, 6.45) is 2.05. The van der Waals surface area contributed by atoms with E-state index in [2.05, 4.69) is 51.3 Å². The van der Waals surface area contributed by atoms with Gasteiger partial charge in [0, 0.05) is 6.54 Å². The van der Waals surface area contributed by atoms with Crippen molar-refractivity contribution in [1.29, 1.82) is 0 Å². The molecule has 0 spiro atoms. The number of unbranched alkanes of at least 4 members (excludes halogenated alkanes) is 1. The third-order valence-electron chi connectivity index (χ3n) is 3.22. The van der Waals surface area contributed by atoms with E-state index in [0.717, 1.165) is 24.2 Å². The highest BCUT2D eigenvalue weighted by Gasteiger charge is 2.19. The molecule has 0 unspecified atom stereocenters. The Morgan fingerprint density at radius 1 is 1.24 bits per heavy atom. The second-order valence-corrected chi connectivity index (χ2v) is 6.32. The topological polar surface area (TPSA) is 50.4 Å². The first-order valence-electron chi connectivity index (χ1n) is 7.60. The molecule has 4 heteroatoms. The van der Waals surface area contributed by atoms with Gasteiger partial charge in [-0.05, 0) is 30.4 Å². The lowest BCUT2D eigenvalue weighted by Crippen LogP contribution is -2.38. The Labute approximate surface area is 128 Å². The number of hydrogen-bond donors (Lipinski definition) is 2. The van der Waals surface area contributed by atoms with Crippen molar-refractivity contribution in [3.05, 3.63) is 29.3 Å². The van der Waals surface area contributed by atoms with Crippen LogP contribution in [0.3, 0.4) is 0 Å². The van der Waals surface area contributed by atoms with Crippen molar-refractivity contribution in [3.8, 4) is 5.75 Å². The van der Waals surface area contributed by atoms with Crippen LogP contribution in [0.2, 0.25) is 0 Å². The largest absolute Gasteiger partial charge is 0.473 e. The Balaban J connectivity index is 2.54. The molecule has 0 aliphatic heterocycles. The monoisotopic (exact) mass is 292 g/mol. The molecular formula is C17H28N2O2. The van der Waals surface area contributed by atoms with Crippen LogP contribution in [-0.2, 0) is 5.41 Å². The smallest absolute Gasteiger partial charge is 0.317 e. The number of rotatable bonds is 6. The lowest BCUT2D eigenvalue weighted by Gasteiger charge is -2.23. The number of amides is 2. The third-order valence-corrected chi connectivity index (χ3v) is 3.22. The van der Waals surface area contributed by atoms with E-state index < -0.39 is 0 Å². The second-order valence-electron chi connectivity index (χ2n) is 6.32. The second kappa shape index (κ2) is 7.91. The molecule has 0 bridgehead atoms. The number of urea groups is 1. The summed E-state index contributed by atoms with van der Waals surface area (Å²) in [5.41, 5.74) is 2.36. The Morgan fingerprint density at radius 3 is 2.57 bits per heavy atom. The molecule has 118 valence electrons. The van der Waals surface area contributed by atoms with Gasteiger partial charge in [0.05, 0.1) is 0 Å². The van der Waals surface area contributed by atoms with E-state index in [4.69, 9.17) is 4.74 Å². The van der Waals surface area contributed by atoms with E-state index in [1.54, 1.807) is 0 Å². The fourth-order valence-corrected chi connectivity index (χ4v) is 1.98. The Morgan fingerprint density at radius 2 is 1.95 bits per heavy atom. The average molecular weight is 292 g/mol. The van der Waals surface area contributed by atoms with Crippen LogP contribution in [0, 0.1) is 6.92 Å². The zero-order valence-electron chi connectivity index (χ0n) is 13.9. The molecule has 0 aliphatic carbocycles. The van der Waals surface area contributed by atoms with Crippen LogP contribution >= 0.6 is 0 Å². The molecule has 4 nitrogen and oxygen atoms in total. The highest BCUT2D eigenvalue weighted by atomic mass is 16.5. The van der Waals surface area contributed by atoms with E-state index in [0.29, 0.717) is 6.54 Å². The molecule has 2 amide bonds. The van der Waals surface area contributed by atoms with Crippen LogP contribution < -0.4 is 15.4 Å². The Bertz CT molecular complexity index is 464. The quantitative estimate of drug-likeness (QED) is 0.620. The molecule has 1 rings (SSSR count). The van der Waals surface area contributed by atoms with E-state index in [1.165, 1.54) is 5.56 Å². The summed E-state index contributed by atoms with van der Waals surface area (Å²) in [5.74, 6) is 0.821. The minimum Gasteiger partial charge on any atom is -0.473 e. The Kier molecular flexibility index (Phi) is 6.53. The fourth-order valence-electron chi connectivity index (χ4n) is 1.98. The van der Waals surface area contributed by atoms with Gasteiger partial charge in [0.15, 0.2) is 6.73 Å². The Hall–Kier alpha value is -1.71. The third kappa shape index (κ3) is 6.06. The van der Waals surface area contributed by atoms with Gasteiger partial charge in [0.25, 0.3) is 0 Å². The molecule has 0 saturated carbocycles. The molecule has 2 N–H and O–H groups in total. The van der Waals surface area contributed by atoms with Crippen LogP contribution in [0.25, 0.3) is 0 Å². The lowest BCUT2D eigenvalue weighted by atomic mass is 9.85. The first kappa shape index (κ1) is 17.3. The highest BCUT2D eigenvalue weighted by Crippen LogP contribution is 2.31. The summed E-state index contributed by atoms with van der Waals surface area (Å²) in [6, 6.07) is 5.93. The number of hydrogen-bond acceptors (Lipinski definition) is 2. The summed E-state index contributed by atoms with van der Waals surface area (Å²) in [5, 5.41) is 5.50. The van der Waals surface area contributed by atoms with Crippen LogP contribution in [-0.4, -0.2) is 19.3 Å². The van der Waals surface area contributed by atoms with Crippen molar-refractivity contribution in [2.75, 3.05) is 13.3 Å². The molecule has 1 aromatic rings. The first-order valence-corrected chi connectivity index (χ1v) is 7.60. The fraction of sp³-hybridized carbons (Fsp3) is 0.588. The van der Waals surface area contributed by atoms with Gasteiger partial charge < -0.3 is 15.4 Å². The van der Waals surface area contributed by atoms with E-state index in [-0.39, 0.29) is 18.2 Å². The van der Waals surface area contributed by atoms with Gasteiger partial charge in [-0.3, -0.25) is 0 Å². The molecule has 0 fully saturated rings. The van der Waals surface area contributed by atoms with Gasteiger partial charge in [-0.25, -0.2) is 4.79 Å². The number of carbonyl (C=O) groups excluding carboxylic acids is 1. The van der Waals surface area contributed by atoms with Gasteiger partial charge in [-0.1, -0.05) is 51.8 Å². The molecule has 0 aliphatic rings. The molecule has 0 aromatic heterocycles. The van der Waals surface area contributed by atoms with Crippen molar-refractivity contribution in [1.82, 2.24) is 10.6 Å². The van der Waals surface area contributed by atoms with Crippen LogP contribution in [0.1, 0.15) is 51.7 Å². The van der Waals surface area contributed by atoms with Crippen LogP contribution in [0.15, 0.2) is 18.2 Å². The average Bonchev–Trinajstić information content (AvgIpc) is 2.39. The number of aryl methyl sites for hydroxylation is 1. The van der Waals surface area contributed by atoms with E-state index >= 15 is 0 Å². The van der Waals surface area contributed by atoms with Gasteiger partial charge in [0.1, 0.15) is 5.75 Å². The predicted octanol–water partition coefficient (Wildman–Crippen LogP) is 3.73. The zero-order chi connectivity index (χ0) is 15.9. The minimum absolute atomic E-state index is 0.00470. The highest BCUT2D eigenvalue weighted by molar-refractivity contribution is 5.73. The van der Waals surface area contributed by atoms with Gasteiger partial charge >= 0.3 is 6.03 Å². The van der Waals surface area contributed by atoms with Crippen molar-refractivity contribution in [3.63, 3.8) is 0 Å². The summed E-state index contributed by atoms with van der Waals surface area (Å²) in [7, 11) is 0. The normalized spacial score (nSPS) is 11.1. The van der Waals surface area contributed by atoms with Gasteiger partial charge in [0.2, 0.25) is 0 Å². The summed E-state index contributed by atoms with van der Waals surface area (Å²) >= 11 is 0. The maximum Gasteiger partial charge on any atom is 0.317 e. The maximum atomic E-state index is 11.5. The molecule has 0 atom stereocenters. The van der Waals surface area contributed by atoms with Crippen molar-refractivity contribution in [2.24, 2.45) is 0 Å². The predicted molar refractivity (Wildman–Crippen MR) is 86.8 cm³/mol. The summed E-state index contributed by atoms with van der Waals surface area (Å²) in [4.78, 5) is 11.5. The summed E-state index contributed by atoms with van der Waals surface area (Å²) in [6.45, 7) is 11.5. The molecule has 1 aromatic carbocycles. The molecule has 0 saturated heterocycles. The number of carbonyl (C=O) groups is 1. The molecule has 0 radical (unpaired) electrons. The van der Waals surface area contributed by atoms with Crippen molar-refractivity contribution >= 4 is 6.03 Å². The number of benzene rings is 1.